The summed E-state index contributed by atoms with van der Waals surface area (Å²) in [5.74, 6) is -0.0199. The van der Waals surface area contributed by atoms with Gasteiger partial charge in [-0.1, -0.05) is 42.5 Å². The van der Waals surface area contributed by atoms with Gasteiger partial charge in [0, 0.05) is 53.9 Å². The lowest BCUT2D eigenvalue weighted by Crippen LogP contribution is -2.23. The molecular weight excluding hydrogens is 424 g/mol. The molecule has 168 valence electrons. The average molecular weight is 449 g/mol. The largest absolute Gasteiger partial charge is 0.312 e. The van der Waals surface area contributed by atoms with E-state index in [0.717, 1.165) is 34.5 Å². The van der Waals surface area contributed by atoms with Crippen molar-refractivity contribution in [2.75, 3.05) is 11.4 Å². The summed E-state index contributed by atoms with van der Waals surface area (Å²) in [5.41, 5.74) is 4.95. The normalized spacial score (nSPS) is 13.6. The molecule has 34 heavy (non-hydrogen) atoms. The van der Waals surface area contributed by atoms with Gasteiger partial charge in [0.1, 0.15) is 5.69 Å². The molecule has 4 aromatic rings. The molecule has 1 saturated heterocycles. The number of nitrogens with zero attached hydrogens (tertiary/aromatic N) is 4. The molecule has 0 spiro atoms. The number of benzene rings is 2. The Kier molecular flexibility index (Phi) is 6.12. The maximum Gasteiger partial charge on any atom is 0.227 e. The van der Waals surface area contributed by atoms with Crippen LogP contribution in [-0.4, -0.2) is 33.0 Å². The fourth-order valence-corrected chi connectivity index (χ4v) is 4.15. The molecule has 1 fully saturated rings. The molecule has 6 heteroatoms. The standard InChI is InChI=1S/C28H24N4O2/c33-26(22-9-4-11-25(17-22)32-16-6-12-27(32)34)14-13-24-20-31(19-21-7-2-1-3-8-21)30-28(24)23-10-5-15-29-18-23/h1-5,7-11,13-15,17-18,20H,6,12,16,19H2/b14-13+. The number of aromatic nitrogens is 3. The van der Waals surface area contributed by atoms with Crippen LogP contribution in [0.2, 0.25) is 0 Å². The highest BCUT2D eigenvalue weighted by molar-refractivity contribution is 6.08. The molecule has 0 atom stereocenters. The molecule has 6 nitrogen and oxygen atoms in total. The lowest BCUT2D eigenvalue weighted by atomic mass is 10.1. The van der Waals surface area contributed by atoms with Gasteiger partial charge in [0.2, 0.25) is 5.91 Å². The summed E-state index contributed by atoms with van der Waals surface area (Å²) < 4.78 is 1.88. The molecule has 1 amide bonds. The molecule has 0 saturated carbocycles. The Morgan fingerprint density at radius 1 is 1.03 bits per heavy atom. The van der Waals surface area contributed by atoms with Crippen molar-refractivity contribution in [2.24, 2.45) is 0 Å². The van der Waals surface area contributed by atoms with Crippen molar-refractivity contribution in [2.45, 2.75) is 19.4 Å². The van der Waals surface area contributed by atoms with E-state index in [-0.39, 0.29) is 11.7 Å². The van der Waals surface area contributed by atoms with Crippen LogP contribution in [0.4, 0.5) is 5.69 Å². The zero-order chi connectivity index (χ0) is 23.3. The Morgan fingerprint density at radius 2 is 1.91 bits per heavy atom. The number of ketones is 1. The summed E-state index contributed by atoms with van der Waals surface area (Å²) in [6, 6.07) is 21.2. The number of allylic oxidation sites excluding steroid dienone is 1. The van der Waals surface area contributed by atoms with Crippen molar-refractivity contribution in [1.82, 2.24) is 14.8 Å². The van der Waals surface area contributed by atoms with Gasteiger partial charge < -0.3 is 4.90 Å². The fourth-order valence-electron chi connectivity index (χ4n) is 4.15. The van der Waals surface area contributed by atoms with Gasteiger partial charge in [-0.2, -0.15) is 5.10 Å². The maximum absolute atomic E-state index is 13.0. The van der Waals surface area contributed by atoms with E-state index in [1.165, 1.54) is 0 Å². The Morgan fingerprint density at radius 3 is 2.68 bits per heavy atom. The predicted molar refractivity (Wildman–Crippen MR) is 132 cm³/mol. The summed E-state index contributed by atoms with van der Waals surface area (Å²) in [6.45, 7) is 1.32. The molecule has 2 aromatic heterocycles. The third-order valence-corrected chi connectivity index (χ3v) is 5.84. The van der Waals surface area contributed by atoms with E-state index in [0.29, 0.717) is 25.1 Å². The number of anilines is 1. The number of rotatable bonds is 7. The molecule has 0 bridgehead atoms. The molecule has 2 aromatic carbocycles. The van der Waals surface area contributed by atoms with Crippen molar-refractivity contribution >= 4 is 23.5 Å². The topological polar surface area (TPSA) is 68.1 Å². The SMILES string of the molecule is O=C(/C=C/c1cn(Cc2ccccc2)nc1-c1cccnc1)c1cccc(N2CCCC2=O)c1. The second-order valence-electron chi connectivity index (χ2n) is 8.25. The average Bonchev–Trinajstić information content (AvgIpc) is 3.49. The van der Waals surface area contributed by atoms with E-state index in [9.17, 15) is 9.59 Å². The van der Waals surface area contributed by atoms with Crippen LogP contribution in [0, 0.1) is 0 Å². The van der Waals surface area contributed by atoms with Gasteiger partial charge in [0.15, 0.2) is 5.78 Å². The lowest BCUT2D eigenvalue weighted by Gasteiger charge is -2.16. The summed E-state index contributed by atoms with van der Waals surface area (Å²) >= 11 is 0. The highest BCUT2D eigenvalue weighted by Gasteiger charge is 2.22. The first-order valence-electron chi connectivity index (χ1n) is 11.3. The van der Waals surface area contributed by atoms with Crippen molar-refractivity contribution in [3.8, 4) is 11.3 Å². The number of hydrogen-bond donors (Lipinski definition) is 0. The van der Waals surface area contributed by atoms with E-state index >= 15 is 0 Å². The van der Waals surface area contributed by atoms with Gasteiger partial charge in [0.05, 0.1) is 6.54 Å². The zero-order valence-electron chi connectivity index (χ0n) is 18.7. The smallest absolute Gasteiger partial charge is 0.227 e. The van der Waals surface area contributed by atoms with Crippen molar-refractivity contribution in [3.05, 3.63) is 108 Å². The summed E-state index contributed by atoms with van der Waals surface area (Å²) in [5, 5.41) is 4.77. The van der Waals surface area contributed by atoms with Crippen molar-refractivity contribution in [1.29, 1.82) is 0 Å². The van der Waals surface area contributed by atoms with Gasteiger partial charge >= 0.3 is 0 Å². The highest BCUT2D eigenvalue weighted by Crippen LogP contribution is 2.25. The van der Waals surface area contributed by atoms with Crippen LogP contribution < -0.4 is 4.90 Å². The van der Waals surface area contributed by atoms with Crippen molar-refractivity contribution in [3.63, 3.8) is 0 Å². The van der Waals surface area contributed by atoms with Crippen LogP contribution in [0.3, 0.4) is 0 Å². The maximum atomic E-state index is 13.0. The van der Waals surface area contributed by atoms with Crippen LogP contribution in [0.1, 0.15) is 34.3 Å². The fraction of sp³-hybridized carbons (Fsp3) is 0.143. The number of pyridine rings is 1. The molecule has 0 unspecified atom stereocenters. The quantitative estimate of drug-likeness (QED) is 0.294. The van der Waals surface area contributed by atoms with Crippen LogP contribution in [0.15, 0.2) is 91.4 Å². The van der Waals surface area contributed by atoms with Gasteiger partial charge in [-0.3, -0.25) is 19.3 Å². The minimum atomic E-state index is -0.124. The third kappa shape index (κ3) is 4.71. The second kappa shape index (κ2) is 9.67. The molecule has 0 aliphatic carbocycles. The number of hydrogen-bond acceptors (Lipinski definition) is 4. The molecule has 5 rings (SSSR count). The second-order valence-corrected chi connectivity index (χ2v) is 8.25. The van der Waals surface area contributed by atoms with E-state index in [1.807, 2.05) is 53.3 Å². The minimum absolute atomic E-state index is 0.104. The number of amides is 1. The van der Waals surface area contributed by atoms with Crippen LogP contribution in [0.25, 0.3) is 17.3 Å². The van der Waals surface area contributed by atoms with E-state index < -0.39 is 0 Å². The van der Waals surface area contributed by atoms with Gasteiger partial charge in [-0.05, 0) is 48.4 Å². The molecule has 1 aliphatic heterocycles. The molecular formula is C28H24N4O2. The Hall–Kier alpha value is -4.32. The Labute approximate surface area is 198 Å². The minimum Gasteiger partial charge on any atom is -0.312 e. The Balaban J connectivity index is 1.42. The molecule has 3 heterocycles. The van der Waals surface area contributed by atoms with Crippen molar-refractivity contribution < 1.29 is 9.59 Å². The van der Waals surface area contributed by atoms with E-state index in [4.69, 9.17) is 5.10 Å². The van der Waals surface area contributed by atoms with Crippen LogP contribution >= 0.6 is 0 Å². The Bertz CT molecular complexity index is 1340. The van der Waals surface area contributed by atoms with Gasteiger partial charge in [-0.25, -0.2) is 0 Å². The lowest BCUT2D eigenvalue weighted by molar-refractivity contribution is -0.117. The third-order valence-electron chi connectivity index (χ3n) is 5.84. The predicted octanol–water partition coefficient (Wildman–Crippen LogP) is 5.02. The van der Waals surface area contributed by atoms with E-state index in [2.05, 4.69) is 17.1 Å². The molecule has 1 aliphatic rings. The first kappa shape index (κ1) is 21.5. The number of carbonyl (C=O) groups excluding carboxylic acids is 2. The summed E-state index contributed by atoms with van der Waals surface area (Å²) in [6.07, 6.45) is 10.2. The zero-order valence-corrected chi connectivity index (χ0v) is 18.7. The van der Waals surface area contributed by atoms with Crippen LogP contribution in [0.5, 0.6) is 0 Å². The number of carbonyl (C=O) groups is 2. The summed E-state index contributed by atoms with van der Waals surface area (Å²) in [7, 11) is 0. The highest BCUT2D eigenvalue weighted by atomic mass is 16.2. The van der Waals surface area contributed by atoms with E-state index in [1.54, 1.807) is 41.6 Å². The van der Waals surface area contributed by atoms with Gasteiger partial charge in [-0.15, -0.1) is 0 Å². The molecule has 0 N–H and O–H groups in total. The van der Waals surface area contributed by atoms with Gasteiger partial charge in [0.25, 0.3) is 0 Å². The summed E-state index contributed by atoms with van der Waals surface area (Å²) in [4.78, 5) is 31.0. The first-order chi connectivity index (χ1) is 16.7. The monoisotopic (exact) mass is 448 g/mol. The van der Waals surface area contributed by atoms with Crippen LogP contribution in [-0.2, 0) is 11.3 Å². The molecule has 0 radical (unpaired) electrons. The first-order valence-corrected chi connectivity index (χ1v) is 11.3.